The van der Waals surface area contributed by atoms with Gasteiger partial charge < -0.3 is 10.6 Å². The summed E-state index contributed by atoms with van der Waals surface area (Å²) in [5.41, 5.74) is 3.72. The molecule has 2 heterocycles. The average Bonchev–Trinajstić information content (AvgIpc) is 3.15. The summed E-state index contributed by atoms with van der Waals surface area (Å²) >= 11 is 1.73. The number of guanidine groups is 1. The molecule has 150 valence electrons. The number of nitrogens with zero attached hydrogens (tertiary/aromatic N) is 4. The topological polar surface area (TPSA) is 67.1 Å². The fourth-order valence-corrected chi connectivity index (χ4v) is 4.15. The molecule has 2 aromatic heterocycles. The maximum absolute atomic E-state index is 4.78. The fraction of sp³-hybridized carbons (Fsp3) is 0.632. The van der Waals surface area contributed by atoms with Crippen LogP contribution >= 0.6 is 35.3 Å². The van der Waals surface area contributed by atoms with Gasteiger partial charge in [0.25, 0.3) is 0 Å². The molecule has 1 unspecified atom stereocenters. The number of halogens is 1. The zero-order valence-electron chi connectivity index (χ0n) is 16.9. The van der Waals surface area contributed by atoms with Crippen molar-refractivity contribution in [2.24, 2.45) is 4.99 Å². The van der Waals surface area contributed by atoms with Crippen molar-refractivity contribution in [2.45, 2.75) is 72.5 Å². The summed E-state index contributed by atoms with van der Waals surface area (Å²) in [6.45, 7) is 12.1. The predicted molar refractivity (Wildman–Crippen MR) is 123 cm³/mol. The highest BCUT2D eigenvalue weighted by Crippen LogP contribution is 2.22. The maximum atomic E-state index is 4.78. The second-order valence-corrected chi connectivity index (χ2v) is 8.48. The second kappa shape index (κ2) is 9.86. The minimum Gasteiger partial charge on any atom is -0.357 e. The van der Waals surface area contributed by atoms with Gasteiger partial charge in [0.1, 0.15) is 0 Å². The van der Waals surface area contributed by atoms with Crippen molar-refractivity contribution in [1.29, 1.82) is 0 Å². The standard InChI is InChI=1S/C19H30N6S.HI/c1-6-20-19(21-10-18-13(4)22-14(5)26-18)23-16-8-7-15-11-25(12(2)3)24-17(15)9-16;/h11-12,16H,6-10H2,1-5H3,(H2,20,21,23);1H. The molecule has 0 bridgehead atoms. The second-order valence-electron chi connectivity index (χ2n) is 7.20. The monoisotopic (exact) mass is 502 g/mol. The quantitative estimate of drug-likeness (QED) is 0.371. The first kappa shape index (κ1) is 22.1. The van der Waals surface area contributed by atoms with Gasteiger partial charge in [-0.3, -0.25) is 4.68 Å². The Hall–Kier alpha value is -1.16. The van der Waals surface area contributed by atoms with Gasteiger partial charge in [0.2, 0.25) is 0 Å². The first-order valence-corrected chi connectivity index (χ1v) is 10.3. The lowest BCUT2D eigenvalue weighted by molar-refractivity contribution is 0.499. The van der Waals surface area contributed by atoms with E-state index in [0.29, 0.717) is 18.6 Å². The molecule has 2 aromatic rings. The van der Waals surface area contributed by atoms with Crippen LogP contribution in [0.25, 0.3) is 0 Å². The number of hydrogen-bond acceptors (Lipinski definition) is 4. The van der Waals surface area contributed by atoms with Crippen LogP contribution in [0.3, 0.4) is 0 Å². The highest BCUT2D eigenvalue weighted by molar-refractivity contribution is 14.0. The lowest BCUT2D eigenvalue weighted by Gasteiger charge is -2.24. The molecule has 0 saturated heterocycles. The van der Waals surface area contributed by atoms with Gasteiger partial charge in [0, 0.05) is 36.1 Å². The Bertz CT molecular complexity index is 779. The number of hydrogen-bond donors (Lipinski definition) is 2. The Morgan fingerprint density at radius 1 is 1.41 bits per heavy atom. The Labute approximate surface area is 183 Å². The fourth-order valence-electron chi connectivity index (χ4n) is 3.28. The van der Waals surface area contributed by atoms with Crippen molar-refractivity contribution in [3.8, 4) is 0 Å². The van der Waals surface area contributed by atoms with Crippen molar-refractivity contribution >= 4 is 41.3 Å². The highest BCUT2D eigenvalue weighted by Gasteiger charge is 2.23. The van der Waals surface area contributed by atoms with Gasteiger partial charge in [-0.25, -0.2) is 9.98 Å². The first-order chi connectivity index (χ1) is 12.5. The molecule has 0 aromatic carbocycles. The summed E-state index contributed by atoms with van der Waals surface area (Å²) in [7, 11) is 0. The van der Waals surface area contributed by atoms with Crippen molar-refractivity contribution in [2.75, 3.05) is 6.54 Å². The van der Waals surface area contributed by atoms with E-state index in [1.165, 1.54) is 16.1 Å². The largest absolute Gasteiger partial charge is 0.357 e. The smallest absolute Gasteiger partial charge is 0.191 e. The number of nitrogens with one attached hydrogen (secondary N) is 2. The molecule has 2 N–H and O–H groups in total. The van der Waals surface area contributed by atoms with Crippen LogP contribution in [0.4, 0.5) is 0 Å². The minimum absolute atomic E-state index is 0. The van der Waals surface area contributed by atoms with Crippen LogP contribution in [0.1, 0.15) is 60.1 Å². The van der Waals surface area contributed by atoms with Crippen molar-refractivity contribution in [3.05, 3.63) is 33.0 Å². The molecule has 0 amide bonds. The first-order valence-electron chi connectivity index (χ1n) is 9.51. The summed E-state index contributed by atoms with van der Waals surface area (Å²) in [4.78, 5) is 10.5. The molecule has 0 fully saturated rings. The van der Waals surface area contributed by atoms with E-state index in [1.54, 1.807) is 11.3 Å². The molecule has 1 aliphatic carbocycles. The molecular weight excluding hydrogens is 471 g/mol. The van der Waals surface area contributed by atoms with E-state index in [0.717, 1.165) is 42.5 Å². The molecule has 0 saturated carbocycles. The summed E-state index contributed by atoms with van der Waals surface area (Å²) < 4.78 is 2.08. The Balaban J connectivity index is 0.00000261. The third-order valence-corrected chi connectivity index (χ3v) is 5.75. The Morgan fingerprint density at radius 3 is 2.81 bits per heavy atom. The molecule has 6 nitrogen and oxygen atoms in total. The van der Waals surface area contributed by atoms with E-state index >= 15 is 0 Å². The van der Waals surface area contributed by atoms with Crippen molar-refractivity contribution in [1.82, 2.24) is 25.4 Å². The predicted octanol–water partition coefficient (Wildman–Crippen LogP) is 3.77. The molecule has 1 aliphatic rings. The normalized spacial score (nSPS) is 16.8. The van der Waals surface area contributed by atoms with Crippen LogP contribution in [0.15, 0.2) is 11.2 Å². The number of fused-ring (bicyclic) bond motifs is 1. The third kappa shape index (κ3) is 5.66. The molecule has 0 radical (unpaired) electrons. The maximum Gasteiger partial charge on any atom is 0.191 e. The van der Waals surface area contributed by atoms with E-state index in [9.17, 15) is 0 Å². The number of thiazole rings is 1. The lowest BCUT2D eigenvalue weighted by Crippen LogP contribution is -2.45. The van der Waals surface area contributed by atoms with Gasteiger partial charge in [0.15, 0.2) is 5.96 Å². The van der Waals surface area contributed by atoms with Crippen LogP contribution in [0, 0.1) is 13.8 Å². The number of aliphatic imine (C=N–C) groups is 1. The average molecular weight is 502 g/mol. The zero-order chi connectivity index (χ0) is 18.7. The molecule has 8 heteroatoms. The summed E-state index contributed by atoms with van der Waals surface area (Å²) in [6.07, 6.45) is 5.36. The van der Waals surface area contributed by atoms with E-state index in [-0.39, 0.29) is 24.0 Å². The van der Waals surface area contributed by atoms with Gasteiger partial charge in [-0.15, -0.1) is 35.3 Å². The van der Waals surface area contributed by atoms with E-state index in [1.807, 2.05) is 6.92 Å². The van der Waals surface area contributed by atoms with Gasteiger partial charge in [-0.1, -0.05) is 0 Å². The molecule has 0 spiro atoms. The SMILES string of the molecule is CCNC(=NCc1sc(C)nc1C)NC1CCc2cn(C(C)C)nc2C1.I. The van der Waals surface area contributed by atoms with E-state index in [4.69, 9.17) is 10.1 Å². The number of rotatable bonds is 5. The van der Waals surface area contributed by atoms with Crippen LogP contribution in [-0.2, 0) is 19.4 Å². The summed E-state index contributed by atoms with van der Waals surface area (Å²) in [6, 6.07) is 0.789. The molecule has 3 rings (SSSR count). The van der Waals surface area contributed by atoms with E-state index < -0.39 is 0 Å². The van der Waals surface area contributed by atoms with Gasteiger partial charge in [-0.2, -0.15) is 5.10 Å². The zero-order valence-corrected chi connectivity index (χ0v) is 20.0. The van der Waals surface area contributed by atoms with Crippen molar-refractivity contribution in [3.63, 3.8) is 0 Å². The van der Waals surface area contributed by atoms with Gasteiger partial charge in [-0.05, 0) is 53.0 Å². The highest BCUT2D eigenvalue weighted by atomic mass is 127. The van der Waals surface area contributed by atoms with Crippen LogP contribution in [0.5, 0.6) is 0 Å². The summed E-state index contributed by atoms with van der Waals surface area (Å²) in [5, 5.41) is 12.9. The van der Waals surface area contributed by atoms with E-state index in [2.05, 4.69) is 54.2 Å². The molecule has 27 heavy (non-hydrogen) atoms. The van der Waals surface area contributed by atoms with Gasteiger partial charge >= 0.3 is 0 Å². The Morgan fingerprint density at radius 2 is 2.19 bits per heavy atom. The molecule has 1 atom stereocenters. The molecular formula is C19H31IN6S. The lowest BCUT2D eigenvalue weighted by atomic mass is 9.94. The minimum atomic E-state index is 0. The van der Waals surface area contributed by atoms with Crippen LogP contribution in [-0.4, -0.2) is 33.3 Å². The molecule has 0 aliphatic heterocycles. The van der Waals surface area contributed by atoms with Crippen LogP contribution in [0.2, 0.25) is 0 Å². The summed E-state index contributed by atoms with van der Waals surface area (Å²) in [5.74, 6) is 0.884. The third-order valence-electron chi connectivity index (χ3n) is 4.69. The number of aromatic nitrogens is 3. The van der Waals surface area contributed by atoms with Crippen LogP contribution < -0.4 is 10.6 Å². The van der Waals surface area contributed by atoms with Gasteiger partial charge in [0.05, 0.1) is 22.9 Å². The number of aryl methyl sites for hydroxylation is 3. The Kier molecular flexibility index (Phi) is 8.08. The van der Waals surface area contributed by atoms with Crippen molar-refractivity contribution < 1.29 is 0 Å².